The number of pyridine rings is 1. The molecule has 0 spiro atoms. The van der Waals surface area contributed by atoms with Gasteiger partial charge in [-0.15, -0.1) is 0 Å². The molecule has 0 bridgehead atoms. The SMILES string of the molecule is CCN(C)C(=O)CNc1cnccc1C(=O)O. The van der Waals surface area contributed by atoms with E-state index >= 15 is 0 Å². The van der Waals surface area contributed by atoms with Crippen LogP contribution in [-0.4, -0.2) is 47.0 Å². The normalized spacial score (nSPS) is 9.76. The summed E-state index contributed by atoms with van der Waals surface area (Å²) in [6.45, 7) is 2.53. The number of amides is 1. The number of hydrogen-bond acceptors (Lipinski definition) is 4. The lowest BCUT2D eigenvalue weighted by molar-refractivity contribution is -0.127. The van der Waals surface area contributed by atoms with Gasteiger partial charge in [-0.2, -0.15) is 0 Å². The number of carbonyl (C=O) groups is 2. The highest BCUT2D eigenvalue weighted by Crippen LogP contribution is 2.12. The molecule has 1 aromatic rings. The van der Waals surface area contributed by atoms with Crippen molar-refractivity contribution < 1.29 is 14.7 Å². The minimum absolute atomic E-state index is 0.0519. The van der Waals surface area contributed by atoms with E-state index in [1.54, 1.807) is 11.9 Å². The van der Waals surface area contributed by atoms with Gasteiger partial charge in [0.05, 0.1) is 24.0 Å². The Morgan fingerprint density at radius 3 is 2.82 bits per heavy atom. The van der Waals surface area contributed by atoms with Crippen LogP contribution in [0, 0.1) is 0 Å². The number of anilines is 1. The molecule has 92 valence electrons. The Hall–Kier alpha value is -2.11. The summed E-state index contributed by atoms with van der Waals surface area (Å²) in [4.78, 5) is 27.8. The lowest BCUT2D eigenvalue weighted by Crippen LogP contribution is -2.32. The van der Waals surface area contributed by atoms with Crippen molar-refractivity contribution in [3.8, 4) is 0 Å². The molecule has 0 saturated carbocycles. The number of hydrogen-bond donors (Lipinski definition) is 2. The third-order valence-electron chi connectivity index (χ3n) is 2.38. The molecule has 1 aromatic heterocycles. The zero-order valence-electron chi connectivity index (χ0n) is 9.80. The Bertz CT molecular complexity index is 420. The molecule has 1 heterocycles. The zero-order chi connectivity index (χ0) is 12.8. The largest absolute Gasteiger partial charge is 0.478 e. The summed E-state index contributed by atoms with van der Waals surface area (Å²) in [7, 11) is 1.69. The summed E-state index contributed by atoms with van der Waals surface area (Å²) in [6.07, 6.45) is 2.79. The average molecular weight is 237 g/mol. The van der Waals surface area contributed by atoms with E-state index in [1.807, 2.05) is 6.92 Å². The maximum Gasteiger partial charge on any atom is 0.337 e. The summed E-state index contributed by atoms with van der Waals surface area (Å²) in [6, 6.07) is 1.39. The molecule has 0 fully saturated rings. The average Bonchev–Trinajstić information content (AvgIpc) is 2.35. The highest BCUT2D eigenvalue weighted by molar-refractivity contribution is 5.94. The quantitative estimate of drug-likeness (QED) is 0.786. The van der Waals surface area contributed by atoms with Crippen LogP contribution in [0.4, 0.5) is 5.69 Å². The monoisotopic (exact) mass is 237 g/mol. The molecule has 0 aliphatic heterocycles. The van der Waals surface area contributed by atoms with Gasteiger partial charge in [0.15, 0.2) is 0 Å². The van der Waals surface area contributed by atoms with Gasteiger partial charge in [0.1, 0.15) is 0 Å². The van der Waals surface area contributed by atoms with Gasteiger partial charge in [-0.05, 0) is 13.0 Å². The highest BCUT2D eigenvalue weighted by Gasteiger charge is 2.11. The number of nitrogens with one attached hydrogen (secondary N) is 1. The molecule has 0 aliphatic rings. The van der Waals surface area contributed by atoms with E-state index in [1.165, 1.54) is 18.5 Å². The van der Waals surface area contributed by atoms with Crippen molar-refractivity contribution in [1.29, 1.82) is 0 Å². The second kappa shape index (κ2) is 5.83. The molecule has 1 rings (SSSR count). The number of aromatic nitrogens is 1. The third-order valence-corrected chi connectivity index (χ3v) is 2.38. The number of nitrogens with zero attached hydrogens (tertiary/aromatic N) is 2. The number of carboxylic acids is 1. The van der Waals surface area contributed by atoms with Crippen LogP contribution < -0.4 is 5.32 Å². The summed E-state index contributed by atoms with van der Waals surface area (Å²) in [5.74, 6) is -1.15. The lowest BCUT2D eigenvalue weighted by atomic mass is 10.2. The number of rotatable bonds is 5. The second-order valence-corrected chi connectivity index (χ2v) is 3.49. The maximum absolute atomic E-state index is 11.5. The van der Waals surface area contributed by atoms with Gasteiger partial charge in [0, 0.05) is 19.8 Å². The first kappa shape index (κ1) is 13.0. The Balaban J connectivity index is 2.69. The van der Waals surface area contributed by atoms with Crippen molar-refractivity contribution >= 4 is 17.6 Å². The Morgan fingerprint density at radius 1 is 1.53 bits per heavy atom. The van der Waals surface area contributed by atoms with Crippen molar-refractivity contribution in [3.63, 3.8) is 0 Å². The second-order valence-electron chi connectivity index (χ2n) is 3.49. The van der Waals surface area contributed by atoms with Gasteiger partial charge in [-0.25, -0.2) is 4.79 Å². The molecule has 0 aliphatic carbocycles. The van der Waals surface area contributed by atoms with Crippen molar-refractivity contribution in [2.75, 3.05) is 25.5 Å². The van der Waals surface area contributed by atoms with Gasteiger partial charge in [-0.1, -0.05) is 0 Å². The van der Waals surface area contributed by atoms with E-state index < -0.39 is 5.97 Å². The van der Waals surface area contributed by atoms with Gasteiger partial charge in [0.25, 0.3) is 0 Å². The summed E-state index contributed by atoms with van der Waals surface area (Å²) >= 11 is 0. The smallest absolute Gasteiger partial charge is 0.337 e. The van der Waals surface area contributed by atoms with Gasteiger partial charge in [0.2, 0.25) is 5.91 Å². The van der Waals surface area contributed by atoms with Gasteiger partial charge in [-0.3, -0.25) is 9.78 Å². The lowest BCUT2D eigenvalue weighted by Gasteiger charge is -2.15. The van der Waals surface area contributed by atoms with E-state index in [0.717, 1.165) is 0 Å². The minimum Gasteiger partial charge on any atom is -0.478 e. The Labute approximate surface area is 99.3 Å². The van der Waals surface area contributed by atoms with Crippen LogP contribution >= 0.6 is 0 Å². The van der Waals surface area contributed by atoms with Crippen molar-refractivity contribution in [1.82, 2.24) is 9.88 Å². The zero-order valence-corrected chi connectivity index (χ0v) is 9.80. The number of likely N-dealkylation sites (N-methyl/N-ethyl adjacent to an activating group) is 1. The number of aromatic carboxylic acids is 1. The van der Waals surface area contributed by atoms with Crippen LogP contribution in [-0.2, 0) is 4.79 Å². The molecule has 6 nitrogen and oxygen atoms in total. The number of carboxylic acid groups (broad SMARTS) is 1. The van der Waals surface area contributed by atoms with E-state index in [2.05, 4.69) is 10.3 Å². The van der Waals surface area contributed by atoms with Crippen LogP contribution in [0.5, 0.6) is 0 Å². The topological polar surface area (TPSA) is 82.5 Å². The van der Waals surface area contributed by atoms with E-state index in [4.69, 9.17) is 5.11 Å². The van der Waals surface area contributed by atoms with Crippen LogP contribution in [0.15, 0.2) is 18.5 Å². The molecule has 1 amide bonds. The standard InChI is InChI=1S/C11H15N3O3/c1-3-14(2)10(15)7-13-9-6-12-5-4-8(9)11(16)17/h4-6,13H,3,7H2,1-2H3,(H,16,17). The molecule has 17 heavy (non-hydrogen) atoms. The van der Waals surface area contributed by atoms with Gasteiger partial charge < -0.3 is 15.3 Å². The molecule has 6 heteroatoms. The molecular weight excluding hydrogens is 222 g/mol. The van der Waals surface area contributed by atoms with Crippen molar-refractivity contribution in [3.05, 3.63) is 24.0 Å². The predicted molar refractivity (Wildman–Crippen MR) is 63.0 cm³/mol. The highest BCUT2D eigenvalue weighted by atomic mass is 16.4. The Kier molecular flexibility index (Phi) is 4.45. The maximum atomic E-state index is 11.5. The van der Waals surface area contributed by atoms with Crippen LogP contribution in [0.1, 0.15) is 17.3 Å². The molecule has 0 radical (unpaired) electrons. The summed E-state index contributed by atoms with van der Waals surface area (Å²) < 4.78 is 0. The minimum atomic E-state index is -1.05. The van der Waals surface area contributed by atoms with Crippen LogP contribution in [0.25, 0.3) is 0 Å². The fourth-order valence-electron chi connectivity index (χ4n) is 1.20. The molecule has 0 atom stereocenters. The molecule has 0 unspecified atom stereocenters. The van der Waals surface area contributed by atoms with Crippen molar-refractivity contribution in [2.24, 2.45) is 0 Å². The van der Waals surface area contributed by atoms with Crippen LogP contribution in [0.2, 0.25) is 0 Å². The van der Waals surface area contributed by atoms with E-state index in [0.29, 0.717) is 12.2 Å². The first-order chi connectivity index (χ1) is 8.06. The summed E-state index contributed by atoms with van der Waals surface area (Å²) in [5.41, 5.74) is 0.449. The molecular formula is C11H15N3O3. The molecule has 2 N–H and O–H groups in total. The summed E-state index contributed by atoms with van der Waals surface area (Å²) in [5, 5.41) is 11.7. The van der Waals surface area contributed by atoms with Gasteiger partial charge >= 0.3 is 5.97 Å². The van der Waals surface area contributed by atoms with Crippen molar-refractivity contribution in [2.45, 2.75) is 6.92 Å². The predicted octanol–water partition coefficient (Wildman–Crippen LogP) is 0.670. The Morgan fingerprint density at radius 2 is 2.24 bits per heavy atom. The third kappa shape index (κ3) is 3.44. The first-order valence-corrected chi connectivity index (χ1v) is 5.21. The van der Waals surface area contributed by atoms with E-state index in [-0.39, 0.29) is 18.0 Å². The first-order valence-electron chi connectivity index (χ1n) is 5.21. The number of carbonyl (C=O) groups excluding carboxylic acids is 1. The fraction of sp³-hybridized carbons (Fsp3) is 0.364. The fourth-order valence-corrected chi connectivity index (χ4v) is 1.20. The van der Waals surface area contributed by atoms with Crippen LogP contribution in [0.3, 0.4) is 0 Å². The molecule has 0 aromatic carbocycles. The molecule has 0 saturated heterocycles. The van der Waals surface area contributed by atoms with E-state index in [9.17, 15) is 9.59 Å².